The zero-order chi connectivity index (χ0) is 15.3. The predicted octanol–water partition coefficient (Wildman–Crippen LogP) is 1.77. The zero-order valence-electron chi connectivity index (χ0n) is 11.7. The van der Waals surface area contributed by atoms with E-state index in [4.69, 9.17) is 0 Å². The quantitative estimate of drug-likeness (QED) is 0.473. The van der Waals surface area contributed by atoms with Crippen molar-refractivity contribution in [3.63, 3.8) is 0 Å². The third kappa shape index (κ3) is 4.27. The summed E-state index contributed by atoms with van der Waals surface area (Å²) in [4.78, 5) is 21.9. The number of hydrogen-bond acceptors (Lipinski definition) is 4. The Balaban J connectivity index is 2.79. The van der Waals surface area contributed by atoms with Crippen LogP contribution in [0.1, 0.15) is 29.8 Å². The predicted molar refractivity (Wildman–Crippen MR) is 73.3 cm³/mol. The molecule has 0 saturated carbocycles. The average Bonchev–Trinajstić information content (AvgIpc) is 2.36. The SMILES string of the molecule is Cc1cc([N+](=O)[O-])cc(C(=O)NCCNC(C)C)c1F. The van der Waals surface area contributed by atoms with E-state index in [0.717, 1.165) is 12.1 Å². The number of nitro groups is 1. The minimum absolute atomic E-state index is 0.0738. The number of hydrogen-bond donors (Lipinski definition) is 2. The van der Waals surface area contributed by atoms with Crippen molar-refractivity contribution >= 4 is 11.6 Å². The average molecular weight is 283 g/mol. The molecule has 1 aromatic carbocycles. The summed E-state index contributed by atoms with van der Waals surface area (Å²) in [7, 11) is 0. The Kier molecular flexibility index (Phi) is 5.57. The molecule has 0 aliphatic carbocycles. The number of carbonyl (C=O) groups is 1. The lowest BCUT2D eigenvalue weighted by atomic mass is 10.1. The molecule has 1 amide bonds. The van der Waals surface area contributed by atoms with Gasteiger partial charge in [-0.25, -0.2) is 4.39 Å². The maximum atomic E-state index is 13.8. The highest BCUT2D eigenvalue weighted by molar-refractivity contribution is 5.95. The van der Waals surface area contributed by atoms with E-state index in [-0.39, 0.29) is 22.9 Å². The first-order valence-electron chi connectivity index (χ1n) is 6.29. The lowest BCUT2D eigenvalue weighted by Crippen LogP contribution is -2.35. The van der Waals surface area contributed by atoms with E-state index in [0.29, 0.717) is 13.1 Å². The van der Waals surface area contributed by atoms with E-state index in [2.05, 4.69) is 10.6 Å². The highest BCUT2D eigenvalue weighted by Crippen LogP contribution is 2.20. The van der Waals surface area contributed by atoms with Crippen molar-refractivity contribution < 1.29 is 14.1 Å². The van der Waals surface area contributed by atoms with Crippen molar-refractivity contribution in [1.82, 2.24) is 10.6 Å². The van der Waals surface area contributed by atoms with E-state index in [9.17, 15) is 19.3 Å². The van der Waals surface area contributed by atoms with Crippen LogP contribution in [-0.2, 0) is 0 Å². The number of halogens is 1. The van der Waals surface area contributed by atoms with Crippen LogP contribution in [-0.4, -0.2) is 30.0 Å². The number of nitro benzene ring substituents is 1. The van der Waals surface area contributed by atoms with Gasteiger partial charge in [-0.15, -0.1) is 0 Å². The Morgan fingerprint density at radius 1 is 1.40 bits per heavy atom. The molecule has 0 spiro atoms. The molecular weight excluding hydrogens is 265 g/mol. The van der Waals surface area contributed by atoms with Crippen molar-refractivity contribution in [2.24, 2.45) is 0 Å². The third-order valence-corrected chi connectivity index (χ3v) is 2.66. The lowest BCUT2D eigenvalue weighted by Gasteiger charge is -2.10. The minimum Gasteiger partial charge on any atom is -0.351 e. The fourth-order valence-corrected chi connectivity index (χ4v) is 1.65. The Morgan fingerprint density at radius 2 is 2.05 bits per heavy atom. The number of aryl methyl sites for hydroxylation is 1. The van der Waals surface area contributed by atoms with Gasteiger partial charge < -0.3 is 10.6 Å². The van der Waals surface area contributed by atoms with Gasteiger partial charge in [0.05, 0.1) is 10.5 Å². The summed E-state index contributed by atoms with van der Waals surface area (Å²) in [6, 6.07) is 2.34. The fourth-order valence-electron chi connectivity index (χ4n) is 1.65. The summed E-state index contributed by atoms with van der Waals surface area (Å²) in [6.07, 6.45) is 0. The van der Waals surface area contributed by atoms with Gasteiger partial charge in [-0.3, -0.25) is 14.9 Å². The first-order valence-corrected chi connectivity index (χ1v) is 6.29. The lowest BCUT2D eigenvalue weighted by molar-refractivity contribution is -0.385. The van der Waals surface area contributed by atoms with E-state index in [1.165, 1.54) is 6.92 Å². The van der Waals surface area contributed by atoms with Crippen molar-refractivity contribution in [2.45, 2.75) is 26.8 Å². The van der Waals surface area contributed by atoms with Gasteiger partial charge in [0.25, 0.3) is 11.6 Å². The van der Waals surface area contributed by atoms with Gasteiger partial charge in [-0.2, -0.15) is 0 Å². The molecule has 0 atom stereocenters. The smallest absolute Gasteiger partial charge is 0.270 e. The van der Waals surface area contributed by atoms with E-state index >= 15 is 0 Å². The first-order chi connectivity index (χ1) is 9.32. The molecule has 0 aliphatic rings. The van der Waals surface area contributed by atoms with Gasteiger partial charge in [0.1, 0.15) is 5.82 Å². The number of nitrogens with zero attached hydrogens (tertiary/aromatic N) is 1. The molecular formula is C13H18FN3O3. The second kappa shape index (κ2) is 6.95. The van der Waals surface area contributed by atoms with Crippen LogP contribution in [0, 0.1) is 22.9 Å². The molecule has 0 radical (unpaired) electrons. The monoisotopic (exact) mass is 283 g/mol. The molecule has 1 rings (SSSR count). The van der Waals surface area contributed by atoms with Gasteiger partial charge >= 0.3 is 0 Å². The van der Waals surface area contributed by atoms with Crippen LogP contribution in [0.25, 0.3) is 0 Å². The fraction of sp³-hybridized carbons (Fsp3) is 0.462. The molecule has 20 heavy (non-hydrogen) atoms. The Morgan fingerprint density at radius 3 is 2.60 bits per heavy atom. The zero-order valence-corrected chi connectivity index (χ0v) is 11.7. The molecule has 0 saturated heterocycles. The normalized spacial score (nSPS) is 10.7. The largest absolute Gasteiger partial charge is 0.351 e. The van der Waals surface area contributed by atoms with Gasteiger partial charge in [0.15, 0.2) is 0 Å². The Hall–Kier alpha value is -2.02. The molecule has 0 bridgehead atoms. The van der Waals surface area contributed by atoms with Gasteiger partial charge in [0.2, 0.25) is 0 Å². The van der Waals surface area contributed by atoms with Crippen molar-refractivity contribution in [1.29, 1.82) is 0 Å². The summed E-state index contributed by atoms with van der Waals surface area (Å²) in [5.41, 5.74) is -0.528. The molecule has 110 valence electrons. The maximum absolute atomic E-state index is 13.8. The molecule has 0 fully saturated rings. The summed E-state index contributed by atoms with van der Waals surface area (Å²) in [5, 5.41) is 16.3. The number of benzene rings is 1. The molecule has 6 nitrogen and oxygen atoms in total. The van der Waals surface area contributed by atoms with Crippen molar-refractivity contribution in [3.05, 3.63) is 39.2 Å². The summed E-state index contributed by atoms with van der Waals surface area (Å²) in [5.74, 6) is -1.38. The number of nitrogens with one attached hydrogen (secondary N) is 2. The number of rotatable bonds is 6. The first kappa shape index (κ1) is 16.0. The van der Waals surface area contributed by atoms with Crippen molar-refractivity contribution in [2.75, 3.05) is 13.1 Å². The Bertz CT molecular complexity index is 518. The topological polar surface area (TPSA) is 84.3 Å². The second-order valence-corrected chi connectivity index (χ2v) is 4.75. The van der Waals surface area contributed by atoms with Gasteiger partial charge in [-0.1, -0.05) is 13.8 Å². The molecule has 0 aliphatic heterocycles. The van der Waals surface area contributed by atoms with Crippen LogP contribution >= 0.6 is 0 Å². The highest BCUT2D eigenvalue weighted by atomic mass is 19.1. The molecule has 0 aromatic heterocycles. The van der Waals surface area contributed by atoms with Crippen LogP contribution < -0.4 is 10.6 Å². The molecule has 1 aromatic rings. The van der Waals surface area contributed by atoms with Crippen LogP contribution in [0.3, 0.4) is 0 Å². The van der Waals surface area contributed by atoms with E-state index in [1.54, 1.807) is 0 Å². The van der Waals surface area contributed by atoms with Crippen LogP contribution in [0.2, 0.25) is 0 Å². The summed E-state index contributed by atoms with van der Waals surface area (Å²) < 4.78 is 13.8. The maximum Gasteiger partial charge on any atom is 0.270 e. The minimum atomic E-state index is -0.732. The third-order valence-electron chi connectivity index (χ3n) is 2.66. The number of non-ortho nitro benzene ring substituents is 1. The molecule has 7 heteroatoms. The molecule has 0 unspecified atom stereocenters. The van der Waals surface area contributed by atoms with Gasteiger partial charge in [-0.05, 0) is 12.5 Å². The van der Waals surface area contributed by atoms with Crippen LogP contribution in [0.4, 0.5) is 10.1 Å². The molecule has 2 N–H and O–H groups in total. The summed E-state index contributed by atoms with van der Waals surface area (Å²) >= 11 is 0. The Labute approximate surface area is 116 Å². The van der Waals surface area contributed by atoms with E-state index < -0.39 is 16.6 Å². The second-order valence-electron chi connectivity index (χ2n) is 4.75. The standard InChI is InChI=1S/C13H18FN3O3/c1-8(2)15-4-5-16-13(18)11-7-10(17(19)20)6-9(3)12(11)14/h6-8,15H,4-5H2,1-3H3,(H,16,18). The summed E-state index contributed by atoms with van der Waals surface area (Å²) in [6.45, 7) is 6.17. The van der Waals surface area contributed by atoms with Crippen LogP contribution in [0.15, 0.2) is 12.1 Å². The van der Waals surface area contributed by atoms with Gasteiger partial charge in [0, 0.05) is 31.3 Å². The van der Waals surface area contributed by atoms with Crippen molar-refractivity contribution in [3.8, 4) is 0 Å². The highest BCUT2D eigenvalue weighted by Gasteiger charge is 2.19. The number of carbonyl (C=O) groups excluding carboxylic acids is 1. The number of amides is 1. The van der Waals surface area contributed by atoms with E-state index in [1.807, 2.05) is 13.8 Å². The molecule has 0 heterocycles. The van der Waals surface area contributed by atoms with Crippen LogP contribution in [0.5, 0.6) is 0 Å².